The Labute approximate surface area is 172 Å². The molecule has 0 aliphatic rings. The van der Waals surface area contributed by atoms with E-state index in [2.05, 4.69) is 15.6 Å². The average Bonchev–Trinajstić information content (AvgIpc) is 2.73. The molecule has 0 spiro atoms. The Balaban J connectivity index is 1.58. The quantitative estimate of drug-likeness (QED) is 0.565. The van der Waals surface area contributed by atoms with Gasteiger partial charge in [-0.2, -0.15) is 0 Å². The lowest BCUT2D eigenvalue weighted by molar-refractivity contribution is -0.113. The molecule has 3 aromatic rings. The highest BCUT2D eigenvalue weighted by molar-refractivity contribution is 8.00. The van der Waals surface area contributed by atoms with Crippen molar-refractivity contribution in [3.8, 4) is 0 Å². The van der Waals surface area contributed by atoms with Crippen LogP contribution in [0.5, 0.6) is 0 Å². The van der Waals surface area contributed by atoms with Crippen molar-refractivity contribution in [2.75, 3.05) is 11.1 Å². The summed E-state index contributed by atoms with van der Waals surface area (Å²) in [6.07, 6.45) is 3.38. The van der Waals surface area contributed by atoms with E-state index in [9.17, 15) is 9.59 Å². The number of nitrogens with zero attached hydrogens (tertiary/aromatic N) is 1. The number of carbonyl (C=O) groups is 2. The van der Waals surface area contributed by atoms with Crippen LogP contribution in [0.1, 0.15) is 15.9 Å². The lowest BCUT2D eigenvalue weighted by atomic mass is 10.1. The van der Waals surface area contributed by atoms with Gasteiger partial charge in [-0.25, -0.2) is 0 Å². The number of aromatic nitrogens is 1. The molecule has 142 valence electrons. The minimum absolute atomic E-state index is 0.188. The predicted octanol–water partition coefficient (Wildman–Crippen LogP) is 4.40. The van der Waals surface area contributed by atoms with E-state index in [4.69, 9.17) is 11.6 Å². The third-order valence-corrected chi connectivity index (χ3v) is 5.07. The van der Waals surface area contributed by atoms with Crippen molar-refractivity contribution in [1.29, 1.82) is 0 Å². The van der Waals surface area contributed by atoms with E-state index in [0.29, 0.717) is 22.8 Å². The monoisotopic (exact) mass is 411 g/mol. The fourth-order valence-corrected chi connectivity index (χ4v) is 3.26. The Morgan fingerprint density at radius 1 is 1.00 bits per heavy atom. The second-order valence-electron chi connectivity index (χ2n) is 5.88. The number of rotatable bonds is 7. The van der Waals surface area contributed by atoms with Crippen LogP contribution in [0.15, 0.2) is 78.0 Å². The fraction of sp³-hybridized carbons (Fsp3) is 0.0952. The predicted molar refractivity (Wildman–Crippen MR) is 113 cm³/mol. The summed E-state index contributed by atoms with van der Waals surface area (Å²) in [5.74, 6) is -0.217. The van der Waals surface area contributed by atoms with Crippen LogP contribution in [0, 0.1) is 0 Å². The summed E-state index contributed by atoms with van der Waals surface area (Å²) < 4.78 is 0. The number of halogens is 1. The number of pyridine rings is 1. The molecule has 0 saturated heterocycles. The fourth-order valence-electron chi connectivity index (χ4n) is 2.44. The molecular formula is C21H18ClN3O2S. The summed E-state index contributed by atoms with van der Waals surface area (Å²) in [5.41, 5.74) is 1.79. The minimum atomic E-state index is -0.259. The molecule has 0 unspecified atom stereocenters. The number of hydrogen-bond acceptors (Lipinski definition) is 4. The standard InChI is InChI=1S/C21H18ClN3O2S/c22-16-7-9-17(10-8-16)28-14-20(26)25-19-6-2-1-5-18(19)21(27)24-13-15-4-3-11-23-12-15/h1-12H,13-14H2,(H,24,27)(H,25,26). The maximum atomic E-state index is 12.5. The zero-order valence-corrected chi connectivity index (χ0v) is 16.5. The van der Waals surface area contributed by atoms with Crippen molar-refractivity contribution in [3.63, 3.8) is 0 Å². The molecule has 0 bridgehead atoms. The molecule has 2 N–H and O–H groups in total. The lowest BCUT2D eigenvalue weighted by Gasteiger charge is -2.11. The summed E-state index contributed by atoms with van der Waals surface area (Å²) in [6, 6.07) is 17.9. The summed E-state index contributed by atoms with van der Waals surface area (Å²) >= 11 is 7.26. The molecule has 0 aliphatic carbocycles. The van der Waals surface area contributed by atoms with Crippen LogP contribution >= 0.6 is 23.4 Å². The van der Waals surface area contributed by atoms with Gasteiger partial charge in [0.25, 0.3) is 5.91 Å². The maximum absolute atomic E-state index is 12.5. The van der Waals surface area contributed by atoms with Gasteiger partial charge in [0.05, 0.1) is 17.0 Å². The van der Waals surface area contributed by atoms with Crippen molar-refractivity contribution in [3.05, 3.63) is 89.2 Å². The third kappa shape index (κ3) is 5.84. The van der Waals surface area contributed by atoms with Gasteiger partial charge in [0, 0.05) is 28.9 Å². The normalized spacial score (nSPS) is 10.3. The average molecular weight is 412 g/mol. The first kappa shape index (κ1) is 19.9. The minimum Gasteiger partial charge on any atom is -0.348 e. The number of amides is 2. The topological polar surface area (TPSA) is 71.1 Å². The Kier molecular flexibility index (Phi) is 7.06. The first-order chi connectivity index (χ1) is 13.6. The van der Waals surface area contributed by atoms with Crippen molar-refractivity contribution in [2.24, 2.45) is 0 Å². The second kappa shape index (κ2) is 9.92. The largest absolute Gasteiger partial charge is 0.348 e. The molecule has 0 atom stereocenters. The summed E-state index contributed by atoms with van der Waals surface area (Å²) in [7, 11) is 0. The SMILES string of the molecule is O=C(CSc1ccc(Cl)cc1)Nc1ccccc1C(=O)NCc1cccnc1. The summed E-state index contributed by atoms with van der Waals surface area (Å²) in [6.45, 7) is 0.362. The lowest BCUT2D eigenvalue weighted by Crippen LogP contribution is -2.25. The number of carbonyl (C=O) groups excluding carboxylic acids is 2. The third-order valence-electron chi connectivity index (χ3n) is 3.81. The number of anilines is 1. The highest BCUT2D eigenvalue weighted by Gasteiger charge is 2.13. The van der Waals surface area contributed by atoms with E-state index < -0.39 is 0 Å². The molecular weight excluding hydrogens is 394 g/mol. The van der Waals surface area contributed by atoms with E-state index in [0.717, 1.165) is 10.5 Å². The van der Waals surface area contributed by atoms with Crippen LogP contribution in [0.2, 0.25) is 5.02 Å². The number of para-hydroxylation sites is 1. The molecule has 2 amide bonds. The summed E-state index contributed by atoms with van der Waals surface area (Å²) in [5, 5.41) is 6.31. The van der Waals surface area contributed by atoms with Crippen molar-refractivity contribution < 1.29 is 9.59 Å². The van der Waals surface area contributed by atoms with E-state index in [1.165, 1.54) is 11.8 Å². The Morgan fingerprint density at radius 3 is 2.54 bits per heavy atom. The number of benzene rings is 2. The zero-order chi connectivity index (χ0) is 19.8. The van der Waals surface area contributed by atoms with Gasteiger partial charge in [-0.1, -0.05) is 29.8 Å². The molecule has 0 saturated carbocycles. The van der Waals surface area contributed by atoms with Crippen LogP contribution in [-0.4, -0.2) is 22.6 Å². The van der Waals surface area contributed by atoms with E-state index in [1.54, 1.807) is 48.8 Å². The Bertz CT molecular complexity index is 949. The molecule has 7 heteroatoms. The Hall–Kier alpha value is -2.83. The smallest absolute Gasteiger partial charge is 0.253 e. The van der Waals surface area contributed by atoms with Gasteiger partial charge in [-0.05, 0) is 48.0 Å². The highest BCUT2D eigenvalue weighted by atomic mass is 35.5. The molecule has 1 aromatic heterocycles. The molecule has 3 rings (SSSR count). The molecule has 28 heavy (non-hydrogen) atoms. The van der Waals surface area contributed by atoms with Gasteiger partial charge in [0.15, 0.2) is 0 Å². The molecule has 0 fully saturated rings. The van der Waals surface area contributed by atoms with Crippen LogP contribution < -0.4 is 10.6 Å². The van der Waals surface area contributed by atoms with Crippen LogP contribution in [0.4, 0.5) is 5.69 Å². The van der Waals surface area contributed by atoms with Crippen molar-refractivity contribution >= 4 is 40.9 Å². The summed E-state index contributed by atoms with van der Waals surface area (Å²) in [4.78, 5) is 29.8. The van der Waals surface area contributed by atoms with Gasteiger partial charge >= 0.3 is 0 Å². The molecule has 0 radical (unpaired) electrons. The van der Waals surface area contributed by atoms with Crippen LogP contribution in [-0.2, 0) is 11.3 Å². The van der Waals surface area contributed by atoms with Gasteiger partial charge in [0.2, 0.25) is 5.91 Å². The molecule has 1 heterocycles. The molecule has 5 nitrogen and oxygen atoms in total. The van der Waals surface area contributed by atoms with E-state index >= 15 is 0 Å². The van der Waals surface area contributed by atoms with Gasteiger partial charge < -0.3 is 10.6 Å². The van der Waals surface area contributed by atoms with Crippen LogP contribution in [0.3, 0.4) is 0 Å². The first-order valence-electron chi connectivity index (χ1n) is 8.56. The van der Waals surface area contributed by atoms with Gasteiger partial charge in [-0.3, -0.25) is 14.6 Å². The highest BCUT2D eigenvalue weighted by Crippen LogP contribution is 2.21. The first-order valence-corrected chi connectivity index (χ1v) is 9.92. The van der Waals surface area contributed by atoms with Gasteiger partial charge in [0.1, 0.15) is 0 Å². The molecule has 2 aromatic carbocycles. The van der Waals surface area contributed by atoms with Gasteiger partial charge in [-0.15, -0.1) is 11.8 Å². The van der Waals surface area contributed by atoms with E-state index in [-0.39, 0.29) is 17.6 Å². The number of hydrogen-bond donors (Lipinski definition) is 2. The number of thioether (sulfide) groups is 1. The molecule has 0 aliphatic heterocycles. The zero-order valence-electron chi connectivity index (χ0n) is 14.9. The second-order valence-corrected chi connectivity index (χ2v) is 7.37. The van der Waals surface area contributed by atoms with Crippen LogP contribution in [0.25, 0.3) is 0 Å². The van der Waals surface area contributed by atoms with E-state index in [1.807, 2.05) is 24.3 Å². The van der Waals surface area contributed by atoms with Crippen molar-refractivity contribution in [2.45, 2.75) is 11.4 Å². The number of nitrogens with one attached hydrogen (secondary N) is 2. The maximum Gasteiger partial charge on any atom is 0.253 e. The Morgan fingerprint density at radius 2 is 1.79 bits per heavy atom. The van der Waals surface area contributed by atoms with Crippen molar-refractivity contribution in [1.82, 2.24) is 10.3 Å².